The summed E-state index contributed by atoms with van der Waals surface area (Å²) in [5.41, 5.74) is 3.96. The van der Waals surface area contributed by atoms with Crippen molar-refractivity contribution in [3.05, 3.63) is 29.3 Å². The number of aryl methyl sites for hydroxylation is 2. The largest absolute Gasteiger partial charge is 0.361 e. The van der Waals surface area contributed by atoms with Crippen LogP contribution in [-0.4, -0.2) is 18.4 Å². The van der Waals surface area contributed by atoms with Gasteiger partial charge in [-0.05, 0) is 44.7 Å². The van der Waals surface area contributed by atoms with Gasteiger partial charge in [0.1, 0.15) is 0 Å². The number of carbonyl (C=O) groups excluding carboxylic acids is 1. The van der Waals surface area contributed by atoms with Gasteiger partial charge in [0, 0.05) is 12.2 Å². The zero-order valence-corrected chi connectivity index (χ0v) is 10.3. The van der Waals surface area contributed by atoms with E-state index in [0.29, 0.717) is 0 Å². The van der Waals surface area contributed by atoms with Crippen LogP contribution in [-0.2, 0) is 11.2 Å². The lowest BCUT2D eigenvalue weighted by molar-refractivity contribution is -0.117. The molecule has 0 saturated heterocycles. The Morgan fingerprint density at radius 1 is 1.44 bits per heavy atom. The molecule has 2 rings (SSSR count). The van der Waals surface area contributed by atoms with E-state index in [1.807, 2.05) is 6.92 Å². The van der Waals surface area contributed by atoms with Crippen molar-refractivity contribution in [2.24, 2.45) is 0 Å². The molecule has 0 spiro atoms. The molecule has 0 aliphatic carbocycles. The molecule has 1 unspecified atom stereocenters. The molecule has 0 amide bonds. The second-order valence-corrected chi connectivity index (χ2v) is 4.67. The predicted molar refractivity (Wildman–Crippen MR) is 67.0 cm³/mol. The average Bonchev–Trinajstić information content (AvgIpc) is 2.27. The maximum absolute atomic E-state index is 11.5. The first-order valence-corrected chi connectivity index (χ1v) is 5.97. The number of anilines is 1. The van der Waals surface area contributed by atoms with Crippen LogP contribution in [0, 0.1) is 6.92 Å². The fraction of sp³-hybridized carbons (Fsp3) is 0.500. The molecular weight excluding hydrogens is 198 g/mol. The minimum Gasteiger partial charge on any atom is -0.361 e. The van der Waals surface area contributed by atoms with Gasteiger partial charge in [-0.15, -0.1) is 0 Å². The summed E-state index contributed by atoms with van der Waals surface area (Å²) in [6.07, 6.45) is 2.28. The summed E-state index contributed by atoms with van der Waals surface area (Å²) in [4.78, 5) is 13.8. The van der Waals surface area contributed by atoms with E-state index < -0.39 is 0 Å². The lowest BCUT2D eigenvalue weighted by Crippen LogP contribution is -2.41. The van der Waals surface area contributed by atoms with Crippen LogP contribution >= 0.6 is 0 Å². The third-order valence-electron chi connectivity index (χ3n) is 3.51. The number of Topliss-reactive ketones (excluding diaryl/α,β-unsaturated/α-hetero) is 1. The summed E-state index contributed by atoms with van der Waals surface area (Å²) >= 11 is 0. The van der Waals surface area contributed by atoms with E-state index >= 15 is 0 Å². The van der Waals surface area contributed by atoms with Gasteiger partial charge in [0.25, 0.3) is 0 Å². The van der Waals surface area contributed by atoms with E-state index in [2.05, 4.69) is 30.0 Å². The fourth-order valence-electron chi connectivity index (χ4n) is 2.49. The lowest BCUT2D eigenvalue weighted by Gasteiger charge is -2.36. The zero-order chi connectivity index (χ0) is 11.7. The molecule has 1 aliphatic rings. The van der Waals surface area contributed by atoms with Crippen molar-refractivity contribution >= 4 is 11.5 Å². The highest BCUT2D eigenvalue weighted by atomic mass is 16.1. The molecule has 0 radical (unpaired) electrons. The zero-order valence-electron chi connectivity index (χ0n) is 10.3. The van der Waals surface area contributed by atoms with Gasteiger partial charge < -0.3 is 4.90 Å². The molecule has 0 bridgehead atoms. The Morgan fingerprint density at radius 3 is 2.88 bits per heavy atom. The molecule has 86 valence electrons. The second-order valence-electron chi connectivity index (χ2n) is 4.67. The predicted octanol–water partition coefficient (Wildman–Crippen LogP) is 2.73. The monoisotopic (exact) mass is 217 g/mol. The number of hydrogen-bond acceptors (Lipinski definition) is 2. The molecule has 1 atom stereocenters. The maximum atomic E-state index is 11.5. The molecular formula is C14H19NO. The summed E-state index contributed by atoms with van der Waals surface area (Å²) < 4.78 is 0. The first-order chi connectivity index (χ1) is 7.61. The number of fused-ring (bicyclic) bond motifs is 1. The normalized spacial score (nSPS) is 16.8. The summed E-state index contributed by atoms with van der Waals surface area (Å²) in [7, 11) is 0. The van der Waals surface area contributed by atoms with Crippen molar-refractivity contribution in [3.63, 3.8) is 0 Å². The van der Waals surface area contributed by atoms with Gasteiger partial charge in [0.15, 0.2) is 5.78 Å². The first kappa shape index (κ1) is 11.2. The smallest absolute Gasteiger partial charge is 0.151 e. The number of nitrogens with zero attached hydrogens (tertiary/aromatic N) is 1. The Bertz CT molecular complexity index is 411. The third kappa shape index (κ3) is 1.84. The molecule has 0 fully saturated rings. The highest BCUT2D eigenvalue weighted by molar-refractivity contribution is 5.85. The van der Waals surface area contributed by atoms with E-state index in [0.717, 1.165) is 19.4 Å². The molecule has 0 aromatic heterocycles. The molecule has 2 nitrogen and oxygen atoms in total. The van der Waals surface area contributed by atoms with Crippen molar-refractivity contribution < 1.29 is 4.79 Å². The minimum absolute atomic E-state index is 0.000139. The number of ketones is 1. The Kier molecular flexibility index (Phi) is 2.99. The van der Waals surface area contributed by atoms with E-state index in [1.165, 1.54) is 16.8 Å². The highest BCUT2D eigenvalue weighted by Crippen LogP contribution is 2.31. The molecule has 2 heteroatoms. The summed E-state index contributed by atoms with van der Waals surface area (Å²) in [6, 6.07) is 6.42. The van der Waals surface area contributed by atoms with Crippen LogP contribution in [0.3, 0.4) is 0 Å². The summed E-state index contributed by atoms with van der Waals surface area (Å²) in [5.74, 6) is 0.246. The van der Waals surface area contributed by atoms with Crippen LogP contribution in [0.5, 0.6) is 0 Å². The van der Waals surface area contributed by atoms with E-state index in [9.17, 15) is 4.79 Å². The first-order valence-electron chi connectivity index (χ1n) is 5.97. The Balaban J connectivity index is 2.43. The number of rotatable bonds is 2. The molecule has 0 saturated carbocycles. The minimum atomic E-state index is 0.000139. The standard InChI is InChI=1S/C14H19NO/c1-10-6-4-7-13-8-5-9-15(14(10)13)11(2)12(3)16/h4,6-7,11H,5,8-9H2,1-3H3. The number of para-hydroxylation sites is 1. The van der Waals surface area contributed by atoms with Crippen LogP contribution in [0.25, 0.3) is 0 Å². The van der Waals surface area contributed by atoms with E-state index in [-0.39, 0.29) is 11.8 Å². The van der Waals surface area contributed by atoms with E-state index in [4.69, 9.17) is 0 Å². The van der Waals surface area contributed by atoms with Crippen molar-refractivity contribution in [1.29, 1.82) is 0 Å². The van der Waals surface area contributed by atoms with Crippen molar-refractivity contribution in [2.45, 2.75) is 39.7 Å². The molecule has 0 N–H and O–H groups in total. The average molecular weight is 217 g/mol. The third-order valence-corrected chi connectivity index (χ3v) is 3.51. The van der Waals surface area contributed by atoms with Gasteiger partial charge in [0.05, 0.1) is 6.04 Å². The molecule has 16 heavy (non-hydrogen) atoms. The SMILES string of the molecule is CC(=O)C(C)N1CCCc2cccc(C)c21. The van der Waals surface area contributed by atoms with Gasteiger partial charge in [-0.1, -0.05) is 18.2 Å². The van der Waals surface area contributed by atoms with Crippen LogP contribution in [0.2, 0.25) is 0 Å². The van der Waals surface area contributed by atoms with Gasteiger partial charge in [0.2, 0.25) is 0 Å². The Hall–Kier alpha value is -1.31. The van der Waals surface area contributed by atoms with E-state index in [1.54, 1.807) is 6.92 Å². The number of benzene rings is 1. The van der Waals surface area contributed by atoms with Gasteiger partial charge in [-0.3, -0.25) is 4.79 Å². The Labute approximate surface area is 97.3 Å². The molecule has 1 heterocycles. The van der Waals surface area contributed by atoms with Crippen LogP contribution in [0.4, 0.5) is 5.69 Å². The van der Waals surface area contributed by atoms with Crippen molar-refractivity contribution in [2.75, 3.05) is 11.4 Å². The number of carbonyl (C=O) groups is 1. The van der Waals surface area contributed by atoms with Crippen LogP contribution in [0.1, 0.15) is 31.4 Å². The maximum Gasteiger partial charge on any atom is 0.151 e. The summed E-state index contributed by atoms with van der Waals surface area (Å²) in [6.45, 7) is 6.81. The second kappa shape index (κ2) is 4.28. The van der Waals surface area contributed by atoms with Gasteiger partial charge >= 0.3 is 0 Å². The topological polar surface area (TPSA) is 20.3 Å². The van der Waals surface area contributed by atoms with Crippen molar-refractivity contribution in [3.8, 4) is 0 Å². The fourth-order valence-corrected chi connectivity index (χ4v) is 2.49. The quantitative estimate of drug-likeness (QED) is 0.759. The lowest BCUT2D eigenvalue weighted by atomic mass is 9.96. The summed E-state index contributed by atoms with van der Waals surface area (Å²) in [5, 5.41) is 0. The molecule has 1 aromatic carbocycles. The molecule has 1 aromatic rings. The van der Waals surface area contributed by atoms with Crippen molar-refractivity contribution in [1.82, 2.24) is 0 Å². The van der Waals surface area contributed by atoms with Gasteiger partial charge in [-0.2, -0.15) is 0 Å². The van der Waals surface area contributed by atoms with Crippen LogP contribution < -0.4 is 4.90 Å². The molecule has 1 aliphatic heterocycles. The van der Waals surface area contributed by atoms with Crippen LogP contribution in [0.15, 0.2) is 18.2 Å². The number of hydrogen-bond donors (Lipinski definition) is 0. The Morgan fingerprint density at radius 2 is 2.19 bits per heavy atom. The van der Waals surface area contributed by atoms with Gasteiger partial charge in [-0.25, -0.2) is 0 Å². The highest BCUT2D eigenvalue weighted by Gasteiger charge is 2.24.